The molecule has 0 fully saturated rings. The van der Waals surface area contributed by atoms with Gasteiger partial charge in [-0.3, -0.25) is 0 Å². The van der Waals surface area contributed by atoms with Crippen LogP contribution < -0.4 is 4.74 Å². The summed E-state index contributed by atoms with van der Waals surface area (Å²) in [6.07, 6.45) is 0. The molecule has 0 spiro atoms. The quantitative estimate of drug-likeness (QED) is 0.887. The third kappa shape index (κ3) is 2.52. The van der Waals surface area contributed by atoms with Crippen molar-refractivity contribution in [2.24, 2.45) is 0 Å². The van der Waals surface area contributed by atoms with Crippen molar-refractivity contribution in [2.75, 3.05) is 7.11 Å². The summed E-state index contributed by atoms with van der Waals surface area (Å²) >= 11 is 0. The zero-order chi connectivity index (χ0) is 14.0. The van der Waals surface area contributed by atoms with Crippen LogP contribution in [-0.2, 0) is 0 Å². The molecular weight excluding hydrogens is 244 g/mol. The number of benzene rings is 2. The predicted molar refractivity (Wildman–Crippen MR) is 71.8 cm³/mol. The Bertz CT molecular complexity index is 615. The molecule has 4 heteroatoms. The zero-order valence-electron chi connectivity index (χ0n) is 10.7. The number of carbonyl (C=O) groups is 1. The molecule has 2 N–H and O–H groups in total. The summed E-state index contributed by atoms with van der Waals surface area (Å²) in [5.41, 5.74) is 2.17. The van der Waals surface area contributed by atoms with E-state index in [1.807, 2.05) is 0 Å². The molecule has 0 saturated carbocycles. The van der Waals surface area contributed by atoms with Crippen molar-refractivity contribution in [1.29, 1.82) is 0 Å². The van der Waals surface area contributed by atoms with Crippen LogP contribution in [0.3, 0.4) is 0 Å². The lowest BCUT2D eigenvalue weighted by molar-refractivity contribution is 0.0697. The van der Waals surface area contributed by atoms with Crippen molar-refractivity contribution >= 4 is 5.97 Å². The van der Waals surface area contributed by atoms with Crippen molar-refractivity contribution in [3.8, 4) is 22.6 Å². The fourth-order valence-electron chi connectivity index (χ4n) is 2.08. The molecular formula is C15H14O4. The number of methoxy groups -OCH3 is 1. The second kappa shape index (κ2) is 5.02. The highest BCUT2D eigenvalue weighted by Gasteiger charge is 2.15. The van der Waals surface area contributed by atoms with E-state index in [2.05, 4.69) is 0 Å². The summed E-state index contributed by atoms with van der Waals surface area (Å²) in [5, 5.41) is 18.8. The van der Waals surface area contributed by atoms with E-state index in [1.54, 1.807) is 44.4 Å². The molecule has 2 aromatic rings. The van der Waals surface area contributed by atoms with Gasteiger partial charge in [-0.05, 0) is 47.9 Å². The summed E-state index contributed by atoms with van der Waals surface area (Å²) in [5.74, 6) is -0.408. The molecule has 98 valence electrons. The first-order chi connectivity index (χ1) is 9.02. The van der Waals surface area contributed by atoms with E-state index >= 15 is 0 Å². The minimum Gasteiger partial charge on any atom is -0.508 e. The number of aromatic carboxylic acids is 1. The Balaban J connectivity index is 2.62. The predicted octanol–water partition coefficient (Wildman–Crippen LogP) is 3.07. The van der Waals surface area contributed by atoms with Crippen LogP contribution in [0.5, 0.6) is 11.5 Å². The van der Waals surface area contributed by atoms with Crippen LogP contribution in [-0.4, -0.2) is 23.3 Å². The van der Waals surface area contributed by atoms with E-state index in [9.17, 15) is 15.0 Å². The zero-order valence-corrected chi connectivity index (χ0v) is 10.7. The lowest BCUT2D eigenvalue weighted by Crippen LogP contribution is -2.01. The standard InChI is InChI=1S/C15H14O4/c1-9-7-11(16)8-13(15(17)18)14(9)10-3-5-12(19-2)6-4-10/h3-8,16H,1-2H3,(H,17,18). The first kappa shape index (κ1) is 13.0. The molecule has 0 saturated heterocycles. The number of rotatable bonds is 3. The minimum absolute atomic E-state index is 0.0489. The number of hydrogen-bond acceptors (Lipinski definition) is 3. The van der Waals surface area contributed by atoms with E-state index in [4.69, 9.17) is 4.74 Å². The Labute approximate surface area is 110 Å². The number of phenolic OH excluding ortho intramolecular Hbond substituents is 1. The molecule has 2 rings (SSSR count). The minimum atomic E-state index is -1.06. The largest absolute Gasteiger partial charge is 0.508 e. The van der Waals surface area contributed by atoms with Gasteiger partial charge in [0.05, 0.1) is 12.7 Å². The van der Waals surface area contributed by atoms with Crippen LogP contribution in [0.2, 0.25) is 0 Å². The summed E-state index contributed by atoms with van der Waals surface area (Å²) in [6, 6.07) is 9.94. The van der Waals surface area contributed by atoms with Crippen LogP contribution in [0.4, 0.5) is 0 Å². The molecule has 0 aliphatic rings. The fourth-order valence-corrected chi connectivity index (χ4v) is 2.08. The van der Waals surface area contributed by atoms with E-state index in [1.165, 1.54) is 6.07 Å². The van der Waals surface area contributed by atoms with Gasteiger partial charge < -0.3 is 14.9 Å². The van der Waals surface area contributed by atoms with Gasteiger partial charge in [0.25, 0.3) is 0 Å². The van der Waals surface area contributed by atoms with Crippen molar-refractivity contribution in [2.45, 2.75) is 6.92 Å². The molecule has 0 bridgehead atoms. The van der Waals surface area contributed by atoms with Crippen LogP contribution in [0.1, 0.15) is 15.9 Å². The number of aromatic hydroxyl groups is 1. The Morgan fingerprint density at radius 1 is 1.16 bits per heavy atom. The van der Waals surface area contributed by atoms with Gasteiger partial charge in [-0.2, -0.15) is 0 Å². The van der Waals surface area contributed by atoms with Gasteiger partial charge in [-0.1, -0.05) is 12.1 Å². The number of aryl methyl sites for hydroxylation is 1. The van der Waals surface area contributed by atoms with Gasteiger partial charge in [-0.15, -0.1) is 0 Å². The maximum atomic E-state index is 11.3. The average molecular weight is 258 g/mol. The highest BCUT2D eigenvalue weighted by atomic mass is 16.5. The molecule has 0 atom stereocenters. The number of carboxylic acid groups (broad SMARTS) is 1. The summed E-state index contributed by atoms with van der Waals surface area (Å²) < 4.78 is 5.08. The van der Waals surface area contributed by atoms with Gasteiger partial charge in [0, 0.05) is 0 Å². The van der Waals surface area contributed by atoms with Crippen molar-refractivity contribution in [3.63, 3.8) is 0 Å². The lowest BCUT2D eigenvalue weighted by atomic mass is 9.94. The first-order valence-electron chi connectivity index (χ1n) is 5.74. The fraction of sp³-hybridized carbons (Fsp3) is 0.133. The van der Waals surface area contributed by atoms with Crippen molar-refractivity contribution < 1.29 is 19.7 Å². The Hall–Kier alpha value is -2.49. The Morgan fingerprint density at radius 2 is 1.79 bits per heavy atom. The molecule has 0 radical (unpaired) electrons. The summed E-state index contributed by atoms with van der Waals surface area (Å²) in [7, 11) is 1.57. The molecule has 0 amide bonds. The topological polar surface area (TPSA) is 66.8 Å². The third-order valence-corrected chi connectivity index (χ3v) is 2.93. The maximum Gasteiger partial charge on any atom is 0.336 e. The number of hydrogen-bond donors (Lipinski definition) is 2. The molecule has 2 aromatic carbocycles. The van der Waals surface area contributed by atoms with E-state index in [-0.39, 0.29) is 11.3 Å². The van der Waals surface area contributed by atoms with Gasteiger partial charge in [0.2, 0.25) is 0 Å². The Kier molecular flexibility index (Phi) is 3.42. The van der Waals surface area contributed by atoms with Crippen LogP contribution >= 0.6 is 0 Å². The van der Waals surface area contributed by atoms with Crippen molar-refractivity contribution in [3.05, 3.63) is 47.5 Å². The second-order valence-electron chi connectivity index (χ2n) is 4.22. The van der Waals surface area contributed by atoms with Crippen molar-refractivity contribution in [1.82, 2.24) is 0 Å². The normalized spacial score (nSPS) is 10.2. The van der Waals surface area contributed by atoms with Gasteiger partial charge in [0.1, 0.15) is 11.5 Å². The number of carboxylic acids is 1. The Morgan fingerprint density at radius 3 is 2.32 bits per heavy atom. The highest BCUT2D eigenvalue weighted by Crippen LogP contribution is 2.32. The van der Waals surface area contributed by atoms with Crippen LogP contribution in [0.15, 0.2) is 36.4 Å². The monoisotopic (exact) mass is 258 g/mol. The molecule has 19 heavy (non-hydrogen) atoms. The second-order valence-corrected chi connectivity index (χ2v) is 4.22. The number of ether oxygens (including phenoxy) is 1. The molecule has 0 aliphatic heterocycles. The SMILES string of the molecule is COc1ccc(-c2c(C)cc(O)cc2C(=O)O)cc1. The maximum absolute atomic E-state index is 11.3. The van der Waals surface area contributed by atoms with E-state index in [0.29, 0.717) is 16.9 Å². The third-order valence-electron chi connectivity index (χ3n) is 2.93. The highest BCUT2D eigenvalue weighted by molar-refractivity contribution is 5.97. The molecule has 0 aliphatic carbocycles. The first-order valence-corrected chi connectivity index (χ1v) is 5.74. The number of phenols is 1. The summed E-state index contributed by atoms with van der Waals surface area (Å²) in [4.78, 5) is 11.3. The van der Waals surface area contributed by atoms with Crippen LogP contribution in [0.25, 0.3) is 11.1 Å². The summed E-state index contributed by atoms with van der Waals surface area (Å²) in [6.45, 7) is 1.77. The van der Waals surface area contributed by atoms with E-state index < -0.39 is 5.97 Å². The van der Waals surface area contributed by atoms with Gasteiger partial charge in [-0.25, -0.2) is 4.79 Å². The molecule has 4 nitrogen and oxygen atoms in total. The van der Waals surface area contributed by atoms with Gasteiger partial charge >= 0.3 is 5.97 Å². The average Bonchev–Trinajstić information content (AvgIpc) is 2.38. The molecule has 0 heterocycles. The molecule has 0 aromatic heterocycles. The van der Waals surface area contributed by atoms with Crippen LogP contribution in [0, 0.1) is 6.92 Å². The molecule has 0 unspecified atom stereocenters. The smallest absolute Gasteiger partial charge is 0.336 e. The lowest BCUT2D eigenvalue weighted by Gasteiger charge is -2.11. The van der Waals surface area contributed by atoms with Gasteiger partial charge in [0.15, 0.2) is 0 Å². The van der Waals surface area contributed by atoms with E-state index in [0.717, 1.165) is 5.56 Å².